The summed E-state index contributed by atoms with van der Waals surface area (Å²) in [5.41, 5.74) is 4.69. The Labute approximate surface area is 175 Å². The van der Waals surface area contributed by atoms with Gasteiger partial charge in [0.05, 0.1) is 0 Å². The van der Waals surface area contributed by atoms with Gasteiger partial charge in [-0.05, 0) is 97.7 Å². The molecule has 28 heavy (non-hydrogen) atoms. The van der Waals surface area contributed by atoms with Crippen LogP contribution in [0.5, 0.6) is 0 Å². The maximum absolute atomic E-state index is 2.70. The summed E-state index contributed by atoms with van der Waals surface area (Å²) in [7, 11) is 0. The van der Waals surface area contributed by atoms with Crippen molar-refractivity contribution in [2.45, 2.75) is 92.9 Å². The van der Waals surface area contributed by atoms with Crippen LogP contribution in [0, 0.1) is 46.3 Å². The average molecular weight is 381 g/mol. The van der Waals surface area contributed by atoms with Gasteiger partial charge in [-0.3, -0.25) is 0 Å². The molecule has 2 saturated carbocycles. The fourth-order valence-corrected chi connectivity index (χ4v) is 7.66. The summed E-state index contributed by atoms with van der Waals surface area (Å²) in [4.78, 5) is 0. The van der Waals surface area contributed by atoms with Gasteiger partial charge in [-0.15, -0.1) is 0 Å². The van der Waals surface area contributed by atoms with Crippen LogP contribution in [-0.2, 0) is 0 Å². The van der Waals surface area contributed by atoms with Crippen molar-refractivity contribution in [2.75, 3.05) is 0 Å². The van der Waals surface area contributed by atoms with Crippen LogP contribution in [0.4, 0.5) is 0 Å². The van der Waals surface area contributed by atoms with E-state index in [9.17, 15) is 0 Å². The highest BCUT2D eigenvalue weighted by atomic mass is 14.6. The Hall–Kier alpha value is -0.780. The molecule has 0 heteroatoms. The Kier molecular flexibility index (Phi) is 5.47. The predicted molar refractivity (Wildman–Crippen MR) is 122 cm³/mol. The molecule has 0 amide bonds. The second kappa shape index (κ2) is 7.48. The lowest BCUT2D eigenvalue weighted by Gasteiger charge is -2.55. The van der Waals surface area contributed by atoms with Crippen molar-refractivity contribution in [1.29, 1.82) is 0 Å². The molecule has 0 aromatic heterocycles. The van der Waals surface area contributed by atoms with Gasteiger partial charge in [0.15, 0.2) is 0 Å². The van der Waals surface area contributed by atoms with E-state index in [0.29, 0.717) is 16.7 Å². The van der Waals surface area contributed by atoms with Crippen molar-refractivity contribution in [3.05, 3.63) is 35.5 Å². The van der Waals surface area contributed by atoms with Crippen molar-refractivity contribution < 1.29 is 0 Å². The van der Waals surface area contributed by atoms with E-state index in [4.69, 9.17) is 0 Å². The van der Waals surface area contributed by atoms with Crippen molar-refractivity contribution in [3.8, 4) is 0 Å². The van der Waals surface area contributed by atoms with Gasteiger partial charge in [0.25, 0.3) is 0 Å². The first-order chi connectivity index (χ1) is 13.3. The minimum Gasteiger partial charge on any atom is -0.0852 e. The fraction of sp³-hybridized carbons (Fsp3) is 0.786. The molecule has 0 aromatic rings. The van der Waals surface area contributed by atoms with E-state index in [-0.39, 0.29) is 0 Å². The lowest BCUT2D eigenvalue weighted by molar-refractivity contribution is 0.0577. The molecule has 4 rings (SSSR count). The lowest BCUT2D eigenvalue weighted by Crippen LogP contribution is -2.45. The zero-order chi connectivity index (χ0) is 20.1. The van der Waals surface area contributed by atoms with Crippen LogP contribution in [0.25, 0.3) is 0 Å². The Morgan fingerprint density at radius 1 is 0.929 bits per heavy atom. The molecule has 0 aromatic carbocycles. The van der Waals surface area contributed by atoms with Crippen molar-refractivity contribution in [1.82, 2.24) is 0 Å². The van der Waals surface area contributed by atoms with Gasteiger partial charge in [0.1, 0.15) is 0 Å². The third-order valence-electron chi connectivity index (χ3n) is 9.94. The van der Waals surface area contributed by atoms with Crippen LogP contribution in [0.1, 0.15) is 92.9 Å². The quantitative estimate of drug-likeness (QED) is 0.430. The van der Waals surface area contributed by atoms with Crippen molar-refractivity contribution in [2.24, 2.45) is 46.3 Å². The zero-order valence-corrected chi connectivity index (χ0v) is 19.4. The zero-order valence-electron chi connectivity index (χ0n) is 19.4. The van der Waals surface area contributed by atoms with Gasteiger partial charge in [-0.25, -0.2) is 0 Å². The van der Waals surface area contributed by atoms with Crippen molar-refractivity contribution in [3.63, 3.8) is 0 Å². The summed E-state index contributed by atoms with van der Waals surface area (Å²) in [5, 5.41) is 0. The highest BCUT2D eigenvalue weighted by molar-refractivity contribution is 5.36. The Morgan fingerprint density at radius 2 is 1.71 bits per heavy atom. The standard InChI is InChI=1S/C28H44/c1-19(2)20(3)10-11-21(4)24-14-15-25-23-13-12-22-9-7-8-17-27(22,5)26(23)16-18-28(24,25)6/h9-11,13,19-21,24-26H,7-8,12,14-18H2,1-6H3/t20-,21+,24+,25-,26-,27-,28+/m0/s1. The molecule has 4 aliphatic rings. The van der Waals surface area contributed by atoms with E-state index in [1.165, 1.54) is 51.4 Å². The summed E-state index contributed by atoms with van der Waals surface area (Å²) in [5.74, 6) is 4.73. The Bertz CT molecular complexity index is 676. The molecule has 0 saturated heterocycles. The molecule has 4 aliphatic carbocycles. The number of allylic oxidation sites excluding steroid dienone is 6. The maximum Gasteiger partial charge on any atom is -0.00477 e. The molecule has 0 spiro atoms. The van der Waals surface area contributed by atoms with Crippen LogP contribution in [-0.4, -0.2) is 0 Å². The maximum atomic E-state index is 2.70. The first-order valence-corrected chi connectivity index (χ1v) is 12.3. The summed E-state index contributed by atoms with van der Waals surface area (Å²) in [6.07, 6.45) is 21.6. The van der Waals surface area contributed by atoms with Gasteiger partial charge in [-0.1, -0.05) is 77.0 Å². The molecular weight excluding hydrogens is 336 g/mol. The molecule has 0 unspecified atom stereocenters. The highest BCUT2D eigenvalue weighted by Gasteiger charge is 2.56. The second-order valence-electron chi connectivity index (χ2n) is 11.6. The summed E-state index contributed by atoms with van der Waals surface area (Å²) in [6, 6.07) is 0. The van der Waals surface area contributed by atoms with Crippen LogP contribution in [0.3, 0.4) is 0 Å². The van der Waals surface area contributed by atoms with Gasteiger partial charge in [-0.2, -0.15) is 0 Å². The van der Waals surface area contributed by atoms with E-state index in [2.05, 4.69) is 65.8 Å². The second-order valence-corrected chi connectivity index (χ2v) is 11.6. The third kappa shape index (κ3) is 3.18. The number of hydrogen-bond donors (Lipinski definition) is 0. The molecular formula is C28H44. The van der Waals surface area contributed by atoms with E-state index in [1.807, 2.05) is 5.57 Å². The molecule has 0 radical (unpaired) electrons. The van der Waals surface area contributed by atoms with Gasteiger partial charge < -0.3 is 0 Å². The summed E-state index contributed by atoms with van der Waals surface area (Å²) >= 11 is 0. The monoisotopic (exact) mass is 380 g/mol. The fourth-order valence-electron chi connectivity index (χ4n) is 7.66. The minimum atomic E-state index is 0.486. The first-order valence-electron chi connectivity index (χ1n) is 12.3. The average Bonchev–Trinajstić information content (AvgIpc) is 3.02. The SMILES string of the molecule is CC(C)[C@@H](C)C=C[C@@H](C)[C@H]1CC[C@H]2C3=CCC4=CCCC[C@]4(C)[C@H]3CC[C@]12C. The molecule has 7 atom stereocenters. The van der Waals surface area contributed by atoms with E-state index in [1.54, 1.807) is 5.57 Å². The molecule has 0 bridgehead atoms. The van der Waals surface area contributed by atoms with Crippen LogP contribution >= 0.6 is 0 Å². The smallest absolute Gasteiger partial charge is 0.00477 e. The first kappa shape index (κ1) is 20.5. The summed E-state index contributed by atoms with van der Waals surface area (Å²) in [6.45, 7) is 14.9. The molecule has 0 N–H and O–H groups in total. The van der Waals surface area contributed by atoms with Crippen LogP contribution < -0.4 is 0 Å². The van der Waals surface area contributed by atoms with Gasteiger partial charge >= 0.3 is 0 Å². The predicted octanol–water partition coefficient (Wildman–Crippen LogP) is 8.36. The molecule has 2 fully saturated rings. The minimum absolute atomic E-state index is 0.486. The Morgan fingerprint density at radius 3 is 2.46 bits per heavy atom. The number of rotatable bonds is 4. The molecule has 156 valence electrons. The van der Waals surface area contributed by atoms with Crippen LogP contribution in [0.2, 0.25) is 0 Å². The largest absolute Gasteiger partial charge is 0.0852 e. The van der Waals surface area contributed by atoms with Gasteiger partial charge in [0.2, 0.25) is 0 Å². The van der Waals surface area contributed by atoms with E-state index >= 15 is 0 Å². The van der Waals surface area contributed by atoms with Gasteiger partial charge in [0, 0.05) is 0 Å². The highest BCUT2D eigenvalue weighted by Crippen LogP contribution is 2.66. The lowest BCUT2D eigenvalue weighted by atomic mass is 9.50. The molecule has 0 aliphatic heterocycles. The molecule has 0 nitrogen and oxygen atoms in total. The van der Waals surface area contributed by atoms with Crippen molar-refractivity contribution >= 4 is 0 Å². The number of hydrogen-bond acceptors (Lipinski definition) is 0. The summed E-state index contributed by atoms with van der Waals surface area (Å²) < 4.78 is 0. The van der Waals surface area contributed by atoms with Crippen LogP contribution in [0.15, 0.2) is 35.5 Å². The van der Waals surface area contributed by atoms with E-state index < -0.39 is 0 Å². The molecule has 0 heterocycles. The Balaban J connectivity index is 1.56. The topological polar surface area (TPSA) is 0 Å². The third-order valence-corrected chi connectivity index (χ3v) is 9.94. The number of fused-ring (bicyclic) bond motifs is 5. The normalized spacial score (nSPS) is 42.5. The van der Waals surface area contributed by atoms with E-state index in [0.717, 1.165) is 29.6 Å².